The number of carbonyl (C=O) groups excluding carboxylic acids is 1. The predicted octanol–water partition coefficient (Wildman–Crippen LogP) is -0.407. The van der Waals surface area contributed by atoms with Crippen LogP contribution in [0.3, 0.4) is 0 Å². The van der Waals surface area contributed by atoms with E-state index in [1.807, 2.05) is 0 Å². The number of likely N-dealkylation sites (tertiary alicyclic amines) is 1. The third-order valence-corrected chi connectivity index (χ3v) is 2.55. The molecule has 1 atom stereocenters. The quantitative estimate of drug-likeness (QED) is 0.661. The van der Waals surface area contributed by atoms with E-state index in [2.05, 4.69) is 5.10 Å². The highest BCUT2D eigenvalue weighted by molar-refractivity contribution is 5.92. The van der Waals surface area contributed by atoms with E-state index >= 15 is 0 Å². The normalized spacial score (nSPS) is 21.6. The molecule has 0 radical (unpaired) electrons. The topological polar surface area (TPSA) is 64.2 Å². The van der Waals surface area contributed by atoms with E-state index in [0.29, 0.717) is 12.2 Å². The van der Waals surface area contributed by atoms with Gasteiger partial charge in [0.05, 0.1) is 0 Å². The van der Waals surface area contributed by atoms with Crippen LogP contribution >= 0.6 is 0 Å². The van der Waals surface area contributed by atoms with Crippen molar-refractivity contribution in [2.45, 2.75) is 12.5 Å². The lowest BCUT2D eigenvalue weighted by molar-refractivity contribution is 0.0780. The molecule has 0 spiro atoms. The maximum Gasteiger partial charge on any atom is 0.272 e. The highest BCUT2D eigenvalue weighted by atomic mass is 16.2. The van der Waals surface area contributed by atoms with Gasteiger partial charge in [-0.25, -0.2) is 0 Å². The van der Waals surface area contributed by atoms with Gasteiger partial charge < -0.3 is 10.6 Å². The molecule has 1 fully saturated rings. The van der Waals surface area contributed by atoms with Crippen molar-refractivity contribution in [1.29, 1.82) is 0 Å². The van der Waals surface area contributed by atoms with E-state index in [4.69, 9.17) is 5.73 Å². The molecule has 0 aliphatic carbocycles. The summed E-state index contributed by atoms with van der Waals surface area (Å²) < 4.78 is 1.59. The largest absolute Gasteiger partial charge is 0.336 e. The number of hydrogen-bond donors (Lipinski definition) is 1. The Morgan fingerprint density at radius 1 is 1.71 bits per heavy atom. The second kappa shape index (κ2) is 3.42. The van der Waals surface area contributed by atoms with Crippen LogP contribution in [0.15, 0.2) is 12.3 Å². The van der Waals surface area contributed by atoms with Gasteiger partial charge in [-0.1, -0.05) is 0 Å². The molecule has 1 aromatic rings. The fourth-order valence-corrected chi connectivity index (χ4v) is 1.72. The Morgan fingerprint density at radius 3 is 3.00 bits per heavy atom. The van der Waals surface area contributed by atoms with Crippen LogP contribution in [0.2, 0.25) is 0 Å². The fourth-order valence-electron chi connectivity index (χ4n) is 1.72. The zero-order valence-electron chi connectivity index (χ0n) is 8.18. The Balaban J connectivity index is 2.13. The van der Waals surface area contributed by atoms with Gasteiger partial charge in [-0.3, -0.25) is 9.48 Å². The Hall–Kier alpha value is -1.36. The molecule has 0 bridgehead atoms. The molecule has 1 saturated heterocycles. The van der Waals surface area contributed by atoms with Crippen LogP contribution in [0.25, 0.3) is 0 Å². The zero-order chi connectivity index (χ0) is 10.1. The van der Waals surface area contributed by atoms with Crippen LogP contribution < -0.4 is 5.73 Å². The first-order chi connectivity index (χ1) is 6.68. The van der Waals surface area contributed by atoms with E-state index in [1.54, 1.807) is 28.9 Å². The third-order valence-electron chi connectivity index (χ3n) is 2.55. The number of aromatic nitrogens is 2. The Morgan fingerprint density at radius 2 is 2.50 bits per heavy atom. The molecular weight excluding hydrogens is 180 g/mol. The van der Waals surface area contributed by atoms with Crippen LogP contribution in [0, 0.1) is 0 Å². The van der Waals surface area contributed by atoms with E-state index in [-0.39, 0.29) is 11.9 Å². The van der Waals surface area contributed by atoms with E-state index in [9.17, 15) is 4.79 Å². The molecule has 0 aromatic carbocycles. The monoisotopic (exact) mass is 194 g/mol. The molecule has 2 rings (SSSR count). The second-order valence-electron chi connectivity index (χ2n) is 3.64. The van der Waals surface area contributed by atoms with Crippen LogP contribution in [0.4, 0.5) is 0 Å². The van der Waals surface area contributed by atoms with E-state index < -0.39 is 0 Å². The first kappa shape index (κ1) is 9.21. The molecule has 1 amide bonds. The Kier molecular flexibility index (Phi) is 2.25. The average molecular weight is 194 g/mol. The lowest BCUT2D eigenvalue weighted by Crippen LogP contribution is -2.33. The summed E-state index contributed by atoms with van der Waals surface area (Å²) in [6, 6.07) is 1.86. The van der Waals surface area contributed by atoms with Gasteiger partial charge in [0.25, 0.3) is 5.91 Å². The molecule has 0 unspecified atom stereocenters. The molecule has 2 heterocycles. The molecule has 14 heavy (non-hydrogen) atoms. The molecule has 1 aliphatic rings. The summed E-state index contributed by atoms with van der Waals surface area (Å²) in [5.41, 5.74) is 6.36. The minimum atomic E-state index is 0.0259. The standard InChI is InChI=1S/C9H14N4O/c1-12-8(2-4-11-12)9(14)13-5-3-7(10)6-13/h2,4,7H,3,5-6,10H2,1H3/t7-/m1/s1. The minimum Gasteiger partial charge on any atom is -0.336 e. The van der Waals surface area contributed by atoms with Gasteiger partial charge in [-0.15, -0.1) is 0 Å². The smallest absolute Gasteiger partial charge is 0.272 e. The van der Waals surface area contributed by atoms with Gasteiger partial charge >= 0.3 is 0 Å². The SMILES string of the molecule is Cn1nccc1C(=O)N1CC[C@@H](N)C1. The molecule has 5 heteroatoms. The van der Waals surface area contributed by atoms with Crippen molar-refractivity contribution in [1.82, 2.24) is 14.7 Å². The lowest BCUT2D eigenvalue weighted by Gasteiger charge is -2.15. The van der Waals surface area contributed by atoms with Crippen molar-refractivity contribution in [2.24, 2.45) is 12.8 Å². The molecule has 76 valence electrons. The summed E-state index contributed by atoms with van der Waals surface area (Å²) in [6.07, 6.45) is 2.52. The first-order valence-corrected chi connectivity index (χ1v) is 4.71. The molecule has 1 aliphatic heterocycles. The first-order valence-electron chi connectivity index (χ1n) is 4.71. The summed E-state index contributed by atoms with van der Waals surface area (Å²) in [6.45, 7) is 1.41. The number of nitrogens with two attached hydrogens (primary N) is 1. The van der Waals surface area contributed by atoms with Gasteiger partial charge in [0, 0.05) is 32.4 Å². The average Bonchev–Trinajstić information content (AvgIpc) is 2.73. The number of aryl methyl sites for hydroxylation is 1. The van der Waals surface area contributed by atoms with Crippen molar-refractivity contribution in [3.05, 3.63) is 18.0 Å². The Bertz CT molecular complexity index is 346. The van der Waals surface area contributed by atoms with Crippen LogP contribution in [0.1, 0.15) is 16.9 Å². The maximum atomic E-state index is 11.9. The Labute approximate surface area is 82.5 Å². The van der Waals surface area contributed by atoms with E-state index in [0.717, 1.165) is 13.0 Å². The van der Waals surface area contributed by atoms with Crippen molar-refractivity contribution in [3.8, 4) is 0 Å². The van der Waals surface area contributed by atoms with Gasteiger partial charge in [-0.05, 0) is 12.5 Å². The van der Waals surface area contributed by atoms with E-state index in [1.165, 1.54) is 0 Å². The number of hydrogen-bond acceptors (Lipinski definition) is 3. The molecule has 1 aromatic heterocycles. The maximum absolute atomic E-state index is 11.9. The van der Waals surface area contributed by atoms with Gasteiger partial charge in [0.1, 0.15) is 5.69 Å². The molecule has 2 N–H and O–H groups in total. The lowest BCUT2D eigenvalue weighted by atomic mass is 10.3. The van der Waals surface area contributed by atoms with Crippen LogP contribution in [-0.2, 0) is 7.05 Å². The summed E-state index contributed by atoms with van der Waals surface area (Å²) in [7, 11) is 1.77. The van der Waals surface area contributed by atoms with Crippen LogP contribution in [0.5, 0.6) is 0 Å². The second-order valence-corrected chi connectivity index (χ2v) is 3.64. The van der Waals surface area contributed by atoms with Gasteiger partial charge in [0.2, 0.25) is 0 Å². The number of amides is 1. The molecule has 5 nitrogen and oxygen atoms in total. The van der Waals surface area contributed by atoms with Gasteiger partial charge in [-0.2, -0.15) is 5.10 Å². The number of nitrogens with zero attached hydrogens (tertiary/aromatic N) is 3. The highest BCUT2D eigenvalue weighted by Gasteiger charge is 2.25. The van der Waals surface area contributed by atoms with Gasteiger partial charge in [0.15, 0.2) is 0 Å². The van der Waals surface area contributed by atoms with Crippen molar-refractivity contribution in [2.75, 3.05) is 13.1 Å². The summed E-state index contributed by atoms with van der Waals surface area (Å²) in [5, 5.41) is 3.97. The molecule has 0 saturated carbocycles. The third kappa shape index (κ3) is 1.50. The zero-order valence-corrected chi connectivity index (χ0v) is 8.18. The number of rotatable bonds is 1. The summed E-state index contributed by atoms with van der Waals surface area (Å²) in [5.74, 6) is 0.0259. The van der Waals surface area contributed by atoms with Crippen molar-refractivity contribution >= 4 is 5.91 Å². The number of carbonyl (C=O) groups is 1. The minimum absolute atomic E-state index is 0.0259. The summed E-state index contributed by atoms with van der Waals surface area (Å²) in [4.78, 5) is 13.7. The fraction of sp³-hybridized carbons (Fsp3) is 0.556. The summed E-state index contributed by atoms with van der Waals surface area (Å²) >= 11 is 0. The van der Waals surface area contributed by atoms with Crippen molar-refractivity contribution < 1.29 is 4.79 Å². The van der Waals surface area contributed by atoms with Crippen molar-refractivity contribution in [3.63, 3.8) is 0 Å². The van der Waals surface area contributed by atoms with Crippen LogP contribution in [-0.4, -0.2) is 39.7 Å². The highest BCUT2D eigenvalue weighted by Crippen LogP contribution is 2.11. The molecular formula is C9H14N4O. The predicted molar refractivity (Wildman–Crippen MR) is 51.7 cm³/mol.